The molecule has 0 saturated carbocycles. The van der Waals surface area contributed by atoms with Gasteiger partial charge in [-0.3, -0.25) is 4.79 Å². The van der Waals surface area contributed by atoms with E-state index in [4.69, 9.17) is 4.74 Å². The first kappa shape index (κ1) is 11.8. The van der Waals surface area contributed by atoms with Gasteiger partial charge in [-0.15, -0.1) is 0 Å². The van der Waals surface area contributed by atoms with Crippen LogP contribution in [0.1, 0.15) is 40.0 Å². The van der Waals surface area contributed by atoms with Crippen LogP contribution in [0.5, 0.6) is 0 Å². The molecule has 0 rings (SSSR count). The van der Waals surface area contributed by atoms with Crippen molar-refractivity contribution >= 4 is 18.6 Å². The third-order valence-corrected chi connectivity index (χ3v) is 1.65. The molecular weight excluding hydrogens is 172 g/mol. The van der Waals surface area contributed by atoms with Crippen molar-refractivity contribution in [2.45, 2.75) is 44.8 Å². The van der Waals surface area contributed by atoms with Crippen LogP contribution < -0.4 is 0 Å². The van der Waals surface area contributed by atoms with Crippen LogP contribution in [0.25, 0.3) is 0 Å². The van der Waals surface area contributed by atoms with Crippen molar-refractivity contribution < 1.29 is 9.53 Å². The number of carbonyl (C=O) groups is 1. The molecule has 0 aliphatic rings. The van der Waals surface area contributed by atoms with E-state index in [9.17, 15) is 4.79 Å². The van der Waals surface area contributed by atoms with Crippen LogP contribution >= 0.6 is 12.6 Å². The maximum absolute atomic E-state index is 10.9. The lowest BCUT2D eigenvalue weighted by Gasteiger charge is -2.16. The summed E-state index contributed by atoms with van der Waals surface area (Å²) in [5.41, 5.74) is 0. The Labute approximate surface area is 80.1 Å². The van der Waals surface area contributed by atoms with Gasteiger partial charge in [-0.05, 0) is 12.8 Å². The van der Waals surface area contributed by atoms with Gasteiger partial charge in [0.1, 0.15) is 0 Å². The van der Waals surface area contributed by atoms with Crippen molar-refractivity contribution in [2.24, 2.45) is 0 Å². The molecule has 0 aliphatic heterocycles. The van der Waals surface area contributed by atoms with Gasteiger partial charge in [0.2, 0.25) is 0 Å². The van der Waals surface area contributed by atoms with Gasteiger partial charge in [0.15, 0.2) is 0 Å². The van der Waals surface area contributed by atoms with Gasteiger partial charge in [-0.25, -0.2) is 0 Å². The predicted molar refractivity (Wildman–Crippen MR) is 53.5 cm³/mol. The van der Waals surface area contributed by atoms with Gasteiger partial charge >= 0.3 is 5.97 Å². The van der Waals surface area contributed by atoms with Gasteiger partial charge in [0.25, 0.3) is 0 Å². The molecule has 0 atom stereocenters. The molecule has 2 nitrogen and oxygen atoms in total. The van der Waals surface area contributed by atoms with E-state index in [1.807, 2.05) is 20.8 Å². The Morgan fingerprint density at radius 1 is 1.50 bits per heavy atom. The first-order valence-corrected chi connectivity index (χ1v) is 4.78. The minimum absolute atomic E-state index is 0.0491. The molecular formula is C9H18O2S. The van der Waals surface area contributed by atoms with Crippen LogP contribution in [0.2, 0.25) is 0 Å². The van der Waals surface area contributed by atoms with Crippen LogP contribution in [0, 0.1) is 0 Å². The highest BCUT2D eigenvalue weighted by Crippen LogP contribution is 2.16. The minimum Gasteiger partial charge on any atom is -0.466 e. The Bertz CT molecular complexity index is 138. The molecule has 0 aliphatic carbocycles. The average molecular weight is 190 g/mol. The third-order valence-electron chi connectivity index (χ3n) is 1.43. The van der Waals surface area contributed by atoms with E-state index in [0.717, 1.165) is 12.8 Å². The highest BCUT2D eigenvalue weighted by Gasteiger charge is 2.11. The largest absolute Gasteiger partial charge is 0.466 e. The van der Waals surface area contributed by atoms with Gasteiger partial charge in [0, 0.05) is 11.2 Å². The predicted octanol–water partition coefficient (Wildman–Crippen LogP) is 2.43. The number of thiol groups is 1. The van der Waals surface area contributed by atoms with Crippen molar-refractivity contribution in [1.29, 1.82) is 0 Å². The van der Waals surface area contributed by atoms with E-state index in [0.29, 0.717) is 13.0 Å². The Morgan fingerprint density at radius 2 is 2.08 bits per heavy atom. The number of carbonyl (C=O) groups excluding carboxylic acids is 1. The number of rotatable bonds is 5. The minimum atomic E-state index is -0.102. The van der Waals surface area contributed by atoms with Crippen molar-refractivity contribution in [3.63, 3.8) is 0 Å². The Kier molecular flexibility index (Phi) is 5.38. The second-order valence-corrected chi connectivity index (χ2v) is 4.74. The molecule has 0 heterocycles. The van der Waals surface area contributed by atoms with Crippen LogP contribution in [0.3, 0.4) is 0 Å². The summed E-state index contributed by atoms with van der Waals surface area (Å²) in [6.07, 6.45) is 2.17. The summed E-state index contributed by atoms with van der Waals surface area (Å²) < 4.78 is 4.92. The second-order valence-electron chi connectivity index (χ2n) is 3.53. The highest BCUT2D eigenvalue weighted by atomic mass is 32.1. The first-order valence-electron chi connectivity index (χ1n) is 4.33. The second kappa shape index (κ2) is 5.46. The van der Waals surface area contributed by atoms with Crippen molar-refractivity contribution in [3.05, 3.63) is 0 Å². The first-order chi connectivity index (χ1) is 5.45. The lowest BCUT2D eigenvalue weighted by molar-refractivity contribution is -0.143. The van der Waals surface area contributed by atoms with E-state index >= 15 is 0 Å². The average Bonchev–Trinajstić information content (AvgIpc) is 1.84. The Balaban J connectivity index is 3.37. The zero-order valence-corrected chi connectivity index (χ0v) is 8.99. The summed E-state index contributed by atoms with van der Waals surface area (Å²) in [5, 5.41) is 0. The zero-order chi connectivity index (χ0) is 9.61. The summed E-state index contributed by atoms with van der Waals surface area (Å²) in [7, 11) is 0. The van der Waals surface area contributed by atoms with E-state index in [2.05, 4.69) is 12.6 Å². The lowest BCUT2D eigenvalue weighted by atomic mass is 10.1. The molecule has 3 heteroatoms. The summed E-state index contributed by atoms with van der Waals surface area (Å²) in [6, 6.07) is 0. The van der Waals surface area contributed by atoms with Crippen LogP contribution in [-0.2, 0) is 9.53 Å². The normalized spacial score (nSPS) is 11.3. The fourth-order valence-electron chi connectivity index (χ4n) is 0.691. The summed E-state index contributed by atoms with van der Waals surface area (Å²) in [5.74, 6) is -0.102. The quantitative estimate of drug-likeness (QED) is 0.532. The molecule has 0 aromatic rings. The van der Waals surface area contributed by atoms with Gasteiger partial charge in [0.05, 0.1) is 6.61 Å². The standard InChI is InChI=1S/C9H18O2S/c1-4-5-8(10)11-7-6-9(2,3)12/h12H,4-7H2,1-3H3. The zero-order valence-electron chi connectivity index (χ0n) is 8.09. The third kappa shape index (κ3) is 7.92. The van der Waals surface area contributed by atoms with E-state index < -0.39 is 0 Å². The fourth-order valence-corrected chi connectivity index (χ4v) is 0.782. The van der Waals surface area contributed by atoms with Crippen molar-refractivity contribution in [2.75, 3.05) is 6.61 Å². The molecule has 0 fully saturated rings. The molecule has 0 N–H and O–H groups in total. The molecule has 72 valence electrons. The van der Waals surface area contributed by atoms with Crippen LogP contribution in [-0.4, -0.2) is 17.3 Å². The van der Waals surface area contributed by atoms with E-state index in [1.165, 1.54) is 0 Å². The van der Waals surface area contributed by atoms with Gasteiger partial charge in [-0.1, -0.05) is 20.8 Å². The van der Waals surface area contributed by atoms with E-state index in [1.54, 1.807) is 0 Å². The number of hydrogen-bond donors (Lipinski definition) is 1. The van der Waals surface area contributed by atoms with Crippen LogP contribution in [0.4, 0.5) is 0 Å². The van der Waals surface area contributed by atoms with E-state index in [-0.39, 0.29) is 10.7 Å². The Hall–Kier alpha value is -0.180. The molecule has 0 aromatic heterocycles. The summed E-state index contributed by atoms with van der Waals surface area (Å²) in [6.45, 7) is 6.45. The SMILES string of the molecule is CCCC(=O)OCCC(C)(C)S. The monoisotopic (exact) mass is 190 g/mol. The van der Waals surface area contributed by atoms with Gasteiger partial charge < -0.3 is 4.74 Å². The highest BCUT2D eigenvalue weighted by molar-refractivity contribution is 7.81. The number of ether oxygens (including phenoxy) is 1. The Morgan fingerprint density at radius 3 is 2.50 bits per heavy atom. The number of esters is 1. The maximum atomic E-state index is 10.9. The van der Waals surface area contributed by atoms with Crippen LogP contribution in [0.15, 0.2) is 0 Å². The molecule has 0 spiro atoms. The molecule has 0 unspecified atom stereocenters. The smallest absolute Gasteiger partial charge is 0.305 e. The topological polar surface area (TPSA) is 26.3 Å². The van der Waals surface area contributed by atoms with Crippen molar-refractivity contribution in [3.8, 4) is 0 Å². The molecule has 0 bridgehead atoms. The summed E-state index contributed by atoms with van der Waals surface area (Å²) in [4.78, 5) is 10.9. The fraction of sp³-hybridized carbons (Fsp3) is 0.889. The molecule has 0 saturated heterocycles. The maximum Gasteiger partial charge on any atom is 0.305 e. The van der Waals surface area contributed by atoms with Gasteiger partial charge in [-0.2, -0.15) is 12.6 Å². The number of hydrogen-bond acceptors (Lipinski definition) is 3. The molecule has 0 aromatic carbocycles. The molecule has 0 radical (unpaired) electrons. The molecule has 12 heavy (non-hydrogen) atoms. The molecule has 0 amide bonds. The lowest BCUT2D eigenvalue weighted by Crippen LogP contribution is -2.16. The summed E-state index contributed by atoms with van der Waals surface area (Å²) >= 11 is 4.32. The van der Waals surface area contributed by atoms with Crippen molar-refractivity contribution in [1.82, 2.24) is 0 Å².